The Morgan fingerprint density at radius 2 is 1.59 bits per heavy atom. The Bertz CT molecular complexity index is 1010. The van der Waals surface area contributed by atoms with E-state index < -0.39 is 30.3 Å². The van der Waals surface area contributed by atoms with E-state index in [9.17, 15) is 22.8 Å². The van der Waals surface area contributed by atoms with Gasteiger partial charge in [0.05, 0.1) is 12.0 Å². The first-order valence-electron chi connectivity index (χ1n) is 10.6. The standard InChI is InChI=1S/C24H25F3N2O5/c25-24(26,27)34-21-8-4-17(5-9-21)23(31)33-20-6-1-15(2-7-20)3-10-22(30)32-14-16-11-18(28)13-19(29)12-16/h1-3,6-7,10-13,17,21H,4-5,8-9,14,28-29H2. The van der Waals surface area contributed by atoms with Gasteiger partial charge in [-0.15, -0.1) is 13.2 Å². The maximum atomic E-state index is 12.3. The van der Waals surface area contributed by atoms with E-state index in [0.717, 1.165) is 0 Å². The predicted molar refractivity (Wildman–Crippen MR) is 119 cm³/mol. The molecular weight excluding hydrogens is 453 g/mol. The first kappa shape index (κ1) is 25.1. The van der Waals surface area contributed by atoms with E-state index in [4.69, 9.17) is 20.9 Å². The van der Waals surface area contributed by atoms with Crippen LogP contribution in [-0.4, -0.2) is 24.4 Å². The molecule has 1 aliphatic rings. The van der Waals surface area contributed by atoms with Gasteiger partial charge in [-0.05, 0) is 73.2 Å². The SMILES string of the molecule is Nc1cc(N)cc(COC(=O)C=Cc2ccc(OC(=O)C3CCC(OC(F)(F)F)CC3)cc2)c1. The van der Waals surface area contributed by atoms with Gasteiger partial charge in [0.2, 0.25) is 0 Å². The van der Waals surface area contributed by atoms with Crippen LogP contribution in [0.25, 0.3) is 6.08 Å². The molecule has 0 saturated heterocycles. The van der Waals surface area contributed by atoms with Gasteiger partial charge in [0, 0.05) is 17.5 Å². The lowest BCUT2D eigenvalue weighted by molar-refractivity contribution is -0.345. The topological polar surface area (TPSA) is 114 Å². The summed E-state index contributed by atoms with van der Waals surface area (Å²) >= 11 is 0. The second kappa shape index (κ2) is 11.1. The Morgan fingerprint density at radius 1 is 0.971 bits per heavy atom. The van der Waals surface area contributed by atoms with E-state index in [0.29, 0.717) is 28.3 Å². The van der Waals surface area contributed by atoms with Crippen LogP contribution in [0, 0.1) is 5.92 Å². The Labute approximate surface area is 194 Å². The number of halogens is 3. The summed E-state index contributed by atoms with van der Waals surface area (Å²) in [5.74, 6) is -1.21. The van der Waals surface area contributed by atoms with Crippen molar-refractivity contribution in [1.29, 1.82) is 0 Å². The maximum absolute atomic E-state index is 12.3. The molecule has 0 amide bonds. The fourth-order valence-corrected chi connectivity index (χ4v) is 3.65. The van der Waals surface area contributed by atoms with Crippen molar-refractivity contribution in [3.63, 3.8) is 0 Å². The summed E-state index contributed by atoms with van der Waals surface area (Å²) in [5, 5.41) is 0. The fourth-order valence-electron chi connectivity index (χ4n) is 3.65. The number of hydrogen-bond acceptors (Lipinski definition) is 7. The number of nitrogens with two attached hydrogens (primary N) is 2. The average molecular weight is 478 g/mol. The lowest BCUT2D eigenvalue weighted by Gasteiger charge is -2.27. The second-order valence-electron chi connectivity index (χ2n) is 7.98. The van der Waals surface area contributed by atoms with E-state index in [-0.39, 0.29) is 32.3 Å². The van der Waals surface area contributed by atoms with Gasteiger partial charge in [0.25, 0.3) is 0 Å². The fraction of sp³-hybridized carbons (Fsp3) is 0.333. The van der Waals surface area contributed by atoms with Gasteiger partial charge in [-0.2, -0.15) is 0 Å². The lowest BCUT2D eigenvalue weighted by Crippen LogP contribution is -2.32. The van der Waals surface area contributed by atoms with Gasteiger partial charge < -0.3 is 20.9 Å². The summed E-state index contributed by atoms with van der Waals surface area (Å²) in [7, 11) is 0. The Kier molecular flexibility index (Phi) is 8.17. The van der Waals surface area contributed by atoms with Crippen molar-refractivity contribution in [3.05, 3.63) is 59.7 Å². The molecule has 0 unspecified atom stereocenters. The van der Waals surface area contributed by atoms with Crippen LogP contribution in [-0.2, 0) is 25.7 Å². The minimum absolute atomic E-state index is 0.0253. The molecule has 2 aromatic rings. The number of carbonyl (C=O) groups is 2. The molecule has 1 saturated carbocycles. The maximum Gasteiger partial charge on any atom is 0.522 e. The monoisotopic (exact) mass is 478 g/mol. The normalized spacial score (nSPS) is 18.6. The molecule has 0 bridgehead atoms. The summed E-state index contributed by atoms with van der Waals surface area (Å²) in [4.78, 5) is 24.2. The van der Waals surface area contributed by atoms with Gasteiger partial charge >= 0.3 is 18.3 Å². The molecular formula is C24H25F3N2O5. The highest BCUT2D eigenvalue weighted by molar-refractivity contribution is 5.87. The van der Waals surface area contributed by atoms with E-state index >= 15 is 0 Å². The van der Waals surface area contributed by atoms with Crippen LogP contribution < -0.4 is 16.2 Å². The Hall–Kier alpha value is -3.53. The second-order valence-corrected chi connectivity index (χ2v) is 7.98. The van der Waals surface area contributed by atoms with Crippen LogP contribution >= 0.6 is 0 Å². The quantitative estimate of drug-likeness (QED) is 0.259. The summed E-state index contributed by atoms with van der Waals surface area (Å²) in [6.07, 6.45) is -1.97. The molecule has 10 heteroatoms. The van der Waals surface area contributed by atoms with E-state index in [2.05, 4.69) is 4.74 Å². The van der Waals surface area contributed by atoms with Crippen molar-refractivity contribution >= 4 is 29.4 Å². The summed E-state index contributed by atoms with van der Waals surface area (Å²) in [5.41, 5.74) is 13.7. The number of nitrogen functional groups attached to an aromatic ring is 2. The molecule has 4 N–H and O–H groups in total. The van der Waals surface area contributed by atoms with Crippen LogP contribution in [0.5, 0.6) is 5.75 Å². The zero-order valence-electron chi connectivity index (χ0n) is 18.2. The van der Waals surface area contributed by atoms with Crippen LogP contribution in [0.2, 0.25) is 0 Å². The molecule has 0 spiro atoms. The zero-order chi connectivity index (χ0) is 24.7. The first-order chi connectivity index (χ1) is 16.1. The minimum Gasteiger partial charge on any atom is -0.458 e. The third-order valence-electron chi connectivity index (χ3n) is 5.24. The minimum atomic E-state index is -4.67. The van der Waals surface area contributed by atoms with Gasteiger partial charge in [0.15, 0.2) is 0 Å². The third kappa shape index (κ3) is 8.11. The predicted octanol–water partition coefficient (Wildman–Crippen LogP) is 4.61. The van der Waals surface area contributed by atoms with E-state index in [1.807, 2.05) is 0 Å². The van der Waals surface area contributed by atoms with E-state index in [1.54, 1.807) is 48.5 Å². The van der Waals surface area contributed by atoms with Crippen molar-refractivity contribution in [2.45, 2.75) is 44.8 Å². The molecule has 0 atom stereocenters. The van der Waals surface area contributed by atoms with Gasteiger partial charge in [-0.3, -0.25) is 9.53 Å². The highest BCUT2D eigenvalue weighted by Crippen LogP contribution is 2.31. The van der Waals surface area contributed by atoms with Crippen molar-refractivity contribution in [3.8, 4) is 5.75 Å². The summed E-state index contributed by atoms with van der Waals surface area (Å²) in [6, 6.07) is 11.4. The summed E-state index contributed by atoms with van der Waals surface area (Å²) in [6.45, 7) is 0.0253. The van der Waals surface area contributed by atoms with Crippen LogP contribution in [0.15, 0.2) is 48.5 Å². The number of benzene rings is 2. The lowest BCUT2D eigenvalue weighted by atomic mass is 9.87. The smallest absolute Gasteiger partial charge is 0.458 e. The number of esters is 2. The van der Waals surface area contributed by atoms with Crippen LogP contribution in [0.3, 0.4) is 0 Å². The first-order valence-corrected chi connectivity index (χ1v) is 10.6. The van der Waals surface area contributed by atoms with Gasteiger partial charge in [-0.1, -0.05) is 12.1 Å². The van der Waals surface area contributed by atoms with Crippen LogP contribution in [0.1, 0.15) is 36.8 Å². The molecule has 1 fully saturated rings. The number of rotatable bonds is 7. The van der Waals surface area contributed by atoms with Crippen molar-refractivity contribution in [2.24, 2.45) is 5.92 Å². The largest absolute Gasteiger partial charge is 0.522 e. The number of anilines is 2. The molecule has 0 aliphatic heterocycles. The molecule has 2 aromatic carbocycles. The molecule has 34 heavy (non-hydrogen) atoms. The van der Waals surface area contributed by atoms with Crippen LogP contribution in [0.4, 0.5) is 24.5 Å². The van der Waals surface area contributed by atoms with Crippen molar-refractivity contribution in [2.75, 3.05) is 11.5 Å². The number of hydrogen-bond donors (Lipinski definition) is 2. The molecule has 1 aliphatic carbocycles. The molecule has 0 radical (unpaired) electrons. The highest BCUT2D eigenvalue weighted by Gasteiger charge is 2.36. The van der Waals surface area contributed by atoms with Crippen molar-refractivity contribution < 1.29 is 37.0 Å². The number of carbonyl (C=O) groups excluding carboxylic acids is 2. The molecule has 0 aromatic heterocycles. The third-order valence-corrected chi connectivity index (χ3v) is 5.24. The molecule has 3 rings (SSSR count). The average Bonchev–Trinajstić information content (AvgIpc) is 2.76. The van der Waals surface area contributed by atoms with E-state index in [1.165, 1.54) is 6.08 Å². The Morgan fingerprint density at radius 3 is 2.18 bits per heavy atom. The Balaban J connectivity index is 1.44. The zero-order valence-corrected chi connectivity index (χ0v) is 18.2. The molecule has 7 nitrogen and oxygen atoms in total. The molecule has 182 valence electrons. The van der Waals surface area contributed by atoms with Crippen molar-refractivity contribution in [1.82, 2.24) is 0 Å². The summed E-state index contributed by atoms with van der Waals surface area (Å²) < 4.78 is 51.4. The molecule has 0 heterocycles. The number of alkyl halides is 3. The highest BCUT2D eigenvalue weighted by atomic mass is 19.4. The van der Waals surface area contributed by atoms with Gasteiger partial charge in [0.1, 0.15) is 12.4 Å². The van der Waals surface area contributed by atoms with Gasteiger partial charge in [-0.25, -0.2) is 4.79 Å². The number of ether oxygens (including phenoxy) is 3.